The summed E-state index contributed by atoms with van der Waals surface area (Å²) in [5.74, 6) is -0.776. The Labute approximate surface area is 133 Å². The molecule has 0 bridgehead atoms. The quantitative estimate of drug-likeness (QED) is 0.719. The second kappa shape index (κ2) is 6.32. The molecule has 0 aliphatic rings. The topological polar surface area (TPSA) is 59.4 Å². The molecule has 0 aliphatic carbocycles. The molecule has 0 amide bonds. The van der Waals surface area contributed by atoms with Gasteiger partial charge in [-0.2, -0.15) is 0 Å². The lowest BCUT2D eigenvalue weighted by molar-refractivity contribution is 0.0695. The van der Waals surface area contributed by atoms with Crippen LogP contribution < -0.4 is 4.74 Å². The van der Waals surface area contributed by atoms with Crippen molar-refractivity contribution in [2.75, 3.05) is 6.61 Å². The molecule has 1 heterocycles. The molecule has 0 aliphatic heterocycles. The monoisotopic (exact) mass is 305 g/mol. The lowest BCUT2D eigenvalue weighted by Gasteiger charge is -2.15. The molecule has 1 N–H and O–H groups in total. The number of para-hydroxylation sites is 1. The van der Waals surface area contributed by atoms with E-state index < -0.39 is 5.97 Å². The number of hydrogen-bond acceptors (Lipinski definition) is 3. The van der Waals surface area contributed by atoms with Gasteiger partial charge < -0.3 is 9.84 Å². The second-order valence-corrected chi connectivity index (χ2v) is 4.95. The van der Waals surface area contributed by atoms with Crippen LogP contribution in [0.4, 0.5) is 0 Å². The number of nitrogens with zero attached hydrogens (tertiary/aromatic N) is 1. The summed E-state index contributed by atoms with van der Waals surface area (Å²) in [6.45, 7) is 3.83. The van der Waals surface area contributed by atoms with Gasteiger partial charge in [0.1, 0.15) is 17.9 Å². The number of aromatic carboxylic acids is 1. The van der Waals surface area contributed by atoms with Gasteiger partial charge >= 0.3 is 5.97 Å². The van der Waals surface area contributed by atoms with E-state index >= 15 is 0 Å². The van der Waals surface area contributed by atoms with Crippen LogP contribution in [0.25, 0.3) is 22.2 Å². The van der Waals surface area contributed by atoms with Crippen LogP contribution in [0.1, 0.15) is 10.4 Å². The fourth-order valence-electron chi connectivity index (χ4n) is 2.48. The van der Waals surface area contributed by atoms with Gasteiger partial charge in [0.25, 0.3) is 0 Å². The number of rotatable bonds is 5. The van der Waals surface area contributed by atoms with Gasteiger partial charge in [-0.1, -0.05) is 61.2 Å². The smallest absolute Gasteiger partial charge is 0.340 e. The zero-order valence-electron chi connectivity index (χ0n) is 12.4. The van der Waals surface area contributed by atoms with Crippen molar-refractivity contribution in [2.24, 2.45) is 0 Å². The van der Waals surface area contributed by atoms with Gasteiger partial charge in [-0.15, -0.1) is 0 Å². The first-order chi connectivity index (χ1) is 11.2. The zero-order chi connectivity index (χ0) is 16.2. The number of ether oxygens (including phenoxy) is 1. The van der Waals surface area contributed by atoms with Crippen molar-refractivity contribution >= 4 is 16.9 Å². The number of carbonyl (C=O) groups is 1. The molecule has 0 fully saturated rings. The molecule has 3 aromatic rings. The Bertz CT molecular complexity index is 872. The van der Waals surface area contributed by atoms with E-state index in [0.717, 1.165) is 5.56 Å². The Kier molecular flexibility index (Phi) is 4.06. The van der Waals surface area contributed by atoms with E-state index in [1.165, 1.54) is 0 Å². The maximum absolute atomic E-state index is 11.8. The van der Waals surface area contributed by atoms with Crippen LogP contribution in [0.3, 0.4) is 0 Å². The van der Waals surface area contributed by atoms with Crippen LogP contribution in [0.2, 0.25) is 0 Å². The standard InChI is InChI=1S/C19H15NO3/c1-2-12-23-18-16(19(21)22)14-10-6-7-11-15(14)20-17(18)13-8-4-3-5-9-13/h2-11H,1,12H2,(H,21,22). The van der Waals surface area contributed by atoms with E-state index in [1.54, 1.807) is 24.3 Å². The molecule has 23 heavy (non-hydrogen) atoms. The van der Waals surface area contributed by atoms with E-state index in [0.29, 0.717) is 16.6 Å². The number of carboxylic acids is 1. The minimum absolute atomic E-state index is 0.122. The van der Waals surface area contributed by atoms with E-state index in [2.05, 4.69) is 11.6 Å². The molecule has 4 heteroatoms. The fraction of sp³-hybridized carbons (Fsp3) is 0.0526. The van der Waals surface area contributed by atoms with Crippen LogP contribution in [-0.4, -0.2) is 22.7 Å². The number of benzene rings is 2. The third-order valence-electron chi connectivity index (χ3n) is 3.45. The molecular weight excluding hydrogens is 290 g/mol. The number of pyridine rings is 1. The van der Waals surface area contributed by atoms with E-state index in [-0.39, 0.29) is 17.9 Å². The van der Waals surface area contributed by atoms with Crippen LogP contribution in [-0.2, 0) is 0 Å². The summed E-state index contributed by atoms with van der Waals surface area (Å²) in [5, 5.41) is 10.3. The Morgan fingerprint density at radius 1 is 1.13 bits per heavy atom. The fourth-order valence-corrected chi connectivity index (χ4v) is 2.48. The largest absolute Gasteiger partial charge is 0.486 e. The highest BCUT2D eigenvalue weighted by Gasteiger charge is 2.22. The number of fused-ring (bicyclic) bond motifs is 1. The predicted octanol–water partition coefficient (Wildman–Crippen LogP) is 4.16. The SMILES string of the molecule is C=CCOc1c(-c2ccccc2)nc2ccccc2c1C(=O)O. The summed E-state index contributed by atoms with van der Waals surface area (Å²) in [5.41, 5.74) is 2.06. The van der Waals surface area contributed by atoms with Gasteiger partial charge in [-0.25, -0.2) is 9.78 Å². The van der Waals surface area contributed by atoms with Crippen molar-refractivity contribution in [3.63, 3.8) is 0 Å². The summed E-state index contributed by atoms with van der Waals surface area (Å²) in [7, 11) is 0. The van der Waals surface area contributed by atoms with E-state index in [4.69, 9.17) is 4.74 Å². The molecule has 2 aromatic carbocycles. The molecule has 114 valence electrons. The summed E-state index contributed by atoms with van der Waals surface area (Å²) < 4.78 is 5.68. The Hall–Kier alpha value is -3.14. The number of aromatic nitrogens is 1. The third kappa shape index (κ3) is 2.79. The maximum atomic E-state index is 11.8. The van der Waals surface area contributed by atoms with Crippen molar-refractivity contribution in [1.29, 1.82) is 0 Å². The molecule has 3 rings (SSSR count). The third-order valence-corrected chi connectivity index (χ3v) is 3.45. The number of hydrogen-bond donors (Lipinski definition) is 1. The van der Waals surface area contributed by atoms with Crippen LogP contribution in [0.5, 0.6) is 5.75 Å². The van der Waals surface area contributed by atoms with Crippen LogP contribution in [0.15, 0.2) is 67.3 Å². The molecule has 4 nitrogen and oxygen atoms in total. The van der Waals surface area contributed by atoms with E-state index in [9.17, 15) is 9.90 Å². The normalized spacial score (nSPS) is 10.4. The Morgan fingerprint density at radius 2 is 1.83 bits per heavy atom. The Balaban J connectivity index is 2.37. The highest BCUT2D eigenvalue weighted by atomic mass is 16.5. The lowest BCUT2D eigenvalue weighted by atomic mass is 10.0. The highest BCUT2D eigenvalue weighted by Crippen LogP contribution is 2.36. The molecule has 0 saturated heterocycles. The minimum atomic E-state index is -1.04. The summed E-state index contributed by atoms with van der Waals surface area (Å²) in [6, 6.07) is 16.6. The van der Waals surface area contributed by atoms with Crippen LogP contribution in [0, 0.1) is 0 Å². The van der Waals surface area contributed by atoms with Crippen molar-refractivity contribution in [2.45, 2.75) is 0 Å². The molecule has 0 spiro atoms. The second-order valence-electron chi connectivity index (χ2n) is 4.95. The van der Waals surface area contributed by atoms with E-state index in [1.807, 2.05) is 36.4 Å². The first kappa shape index (κ1) is 14.8. The number of carboxylic acid groups (broad SMARTS) is 1. The average molecular weight is 305 g/mol. The molecule has 1 aromatic heterocycles. The van der Waals surface area contributed by atoms with Crippen LogP contribution >= 0.6 is 0 Å². The molecule has 0 saturated carbocycles. The molecular formula is C19H15NO3. The van der Waals surface area contributed by atoms with Crippen molar-refractivity contribution in [3.05, 3.63) is 72.8 Å². The average Bonchev–Trinajstić information content (AvgIpc) is 2.59. The first-order valence-corrected chi connectivity index (χ1v) is 7.17. The first-order valence-electron chi connectivity index (χ1n) is 7.17. The predicted molar refractivity (Wildman–Crippen MR) is 89.8 cm³/mol. The molecule has 0 atom stereocenters. The minimum Gasteiger partial charge on any atom is -0.486 e. The highest BCUT2D eigenvalue weighted by molar-refractivity contribution is 6.07. The van der Waals surface area contributed by atoms with Gasteiger partial charge in [0, 0.05) is 10.9 Å². The lowest BCUT2D eigenvalue weighted by Crippen LogP contribution is -2.07. The molecule has 0 radical (unpaired) electrons. The summed E-state index contributed by atoms with van der Waals surface area (Å²) >= 11 is 0. The van der Waals surface area contributed by atoms with Gasteiger partial charge in [0.05, 0.1) is 5.52 Å². The van der Waals surface area contributed by atoms with Gasteiger partial charge in [0.15, 0.2) is 5.75 Å². The summed E-state index contributed by atoms with van der Waals surface area (Å²) in [6.07, 6.45) is 1.58. The van der Waals surface area contributed by atoms with Gasteiger partial charge in [-0.05, 0) is 6.07 Å². The van der Waals surface area contributed by atoms with Crippen molar-refractivity contribution < 1.29 is 14.6 Å². The van der Waals surface area contributed by atoms with Gasteiger partial charge in [-0.3, -0.25) is 0 Å². The summed E-state index contributed by atoms with van der Waals surface area (Å²) in [4.78, 5) is 16.5. The zero-order valence-corrected chi connectivity index (χ0v) is 12.4. The van der Waals surface area contributed by atoms with Gasteiger partial charge in [0.2, 0.25) is 0 Å². The van der Waals surface area contributed by atoms with Crippen molar-refractivity contribution in [3.8, 4) is 17.0 Å². The Morgan fingerprint density at radius 3 is 2.52 bits per heavy atom. The molecule has 0 unspecified atom stereocenters. The van der Waals surface area contributed by atoms with Crippen molar-refractivity contribution in [1.82, 2.24) is 4.98 Å². The maximum Gasteiger partial charge on any atom is 0.340 e.